The minimum atomic E-state index is -3.29. The molecule has 0 aromatic heterocycles. The maximum atomic E-state index is 13.0. The maximum Gasteiger partial charge on any atom is 0.251 e. The predicted octanol–water partition coefficient (Wildman–Crippen LogP) is 1.59. The van der Waals surface area contributed by atoms with Gasteiger partial charge in [-0.2, -0.15) is 0 Å². The minimum Gasteiger partial charge on any atom is -0.365 e. The second-order valence-corrected chi connectivity index (χ2v) is 12.6. The fourth-order valence-electron chi connectivity index (χ4n) is 4.78. The van der Waals surface area contributed by atoms with Crippen LogP contribution < -0.4 is 15.7 Å². The van der Waals surface area contributed by atoms with E-state index in [1.165, 1.54) is 4.90 Å². The molecule has 2 aromatic rings. The molecule has 0 radical (unpaired) electrons. The van der Waals surface area contributed by atoms with Crippen LogP contribution in [0.15, 0.2) is 53.4 Å². The Hall–Kier alpha value is -3.44. The van der Waals surface area contributed by atoms with E-state index in [0.29, 0.717) is 29.2 Å². The molecule has 11 heteroatoms. The molecule has 2 heterocycles. The number of benzene rings is 2. The predicted molar refractivity (Wildman–Crippen MR) is 137 cm³/mol. The van der Waals surface area contributed by atoms with Gasteiger partial charge in [0.15, 0.2) is 9.84 Å². The molecular weight excluding hydrogens is 496 g/mol. The summed E-state index contributed by atoms with van der Waals surface area (Å²) in [6.45, 7) is 6.47. The fraction of sp³-hybridized carbons (Fsp3) is 0.423. The molecule has 0 saturated carbocycles. The Morgan fingerprint density at radius 1 is 1.03 bits per heavy atom. The Morgan fingerprint density at radius 2 is 1.70 bits per heavy atom. The van der Waals surface area contributed by atoms with Gasteiger partial charge in [0.05, 0.1) is 28.3 Å². The second kappa shape index (κ2) is 10.1. The lowest BCUT2D eigenvalue weighted by Gasteiger charge is -2.31. The highest BCUT2D eigenvalue weighted by Gasteiger charge is 2.42. The average Bonchev–Trinajstić information content (AvgIpc) is 3.28. The van der Waals surface area contributed by atoms with Crippen molar-refractivity contribution in [3.8, 4) is 0 Å². The van der Waals surface area contributed by atoms with E-state index in [0.717, 1.165) is 5.56 Å². The molecule has 3 N–H and O–H groups in total. The standard InChI is InChI=1S/C26H32N4O6S/c1-26(2,3)25(33)30-15-19(24(32)28-34)20(16-30)27-23(31)18-10-8-17(9-11-18)14-29-12-13-37(35,36)22-7-5-4-6-21(22)29/h4-11,19-20,34H,12-16H2,1-3H3,(H,27,31)(H,28,32)/t19-,20+/m0/s1. The summed E-state index contributed by atoms with van der Waals surface area (Å²) in [5, 5.41) is 12.0. The molecular formula is C26H32N4O6S. The topological polar surface area (TPSA) is 136 Å². The van der Waals surface area contributed by atoms with Crippen molar-refractivity contribution in [1.29, 1.82) is 0 Å². The zero-order valence-electron chi connectivity index (χ0n) is 21.1. The van der Waals surface area contributed by atoms with Crippen LogP contribution in [0.5, 0.6) is 0 Å². The first kappa shape index (κ1) is 26.6. The Bertz CT molecular complexity index is 1300. The maximum absolute atomic E-state index is 13.0. The van der Waals surface area contributed by atoms with Gasteiger partial charge in [0, 0.05) is 37.2 Å². The molecule has 0 bridgehead atoms. The van der Waals surface area contributed by atoms with Gasteiger partial charge in [-0.05, 0) is 29.8 Å². The molecule has 0 spiro atoms. The van der Waals surface area contributed by atoms with Crippen LogP contribution in [0.4, 0.5) is 5.69 Å². The number of hydroxylamine groups is 1. The first-order chi connectivity index (χ1) is 17.4. The highest BCUT2D eigenvalue weighted by molar-refractivity contribution is 7.91. The van der Waals surface area contributed by atoms with Crippen LogP contribution in [0.25, 0.3) is 0 Å². The number of carbonyl (C=O) groups is 3. The number of rotatable bonds is 5. The summed E-state index contributed by atoms with van der Waals surface area (Å²) >= 11 is 0. The summed E-state index contributed by atoms with van der Waals surface area (Å²) < 4.78 is 24.8. The number of fused-ring (bicyclic) bond motifs is 1. The number of nitrogens with one attached hydrogen (secondary N) is 2. The molecule has 0 aliphatic carbocycles. The van der Waals surface area contributed by atoms with Gasteiger partial charge in [0.2, 0.25) is 11.8 Å². The highest BCUT2D eigenvalue weighted by Crippen LogP contribution is 2.31. The molecule has 2 aromatic carbocycles. The summed E-state index contributed by atoms with van der Waals surface area (Å²) in [7, 11) is -3.29. The molecule has 4 rings (SSSR count). The van der Waals surface area contributed by atoms with Crippen molar-refractivity contribution >= 4 is 33.2 Å². The smallest absolute Gasteiger partial charge is 0.251 e. The molecule has 1 saturated heterocycles. The molecule has 2 atom stereocenters. The fourth-order valence-corrected chi connectivity index (χ4v) is 6.26. The van der Waals surface area contributed by atoms with Crippen molar-refractivity contribution in [2.45, 2.75) is 38.3 Å². The Morgan fingerprint density at radius 3 is 2.35 bits per heavy atom. The first-order valence-corrected chi connectivity index (χ1v) is 13.8. The van der Waals surface area contributed by atoms with Crippen LogP contribution in [-0.4, -0.2) is 67.7 Å². The second-order valence-electron chi connectivity index (χ2n) is 10.5. The lowest BCUT2D eigenvalue weighted by Crippen LogP contribution is -2.45. The van der Waals surface area contributed by atoms with E-state index in [1.54, 1.807) is 56.6 Å². The molecule has 198 valence electrons. The molecule has 3 amide bonds. The van der Waals surface area contributed by atoms with Crippen LogP contribution >= 0.6 is 0 Å². The Balaban J connectivity index is 1.44. The van der Waals surface area contributed by atoms with Crippen molar-refractivity contribution in [1.82, 2.24) is 15.7 Å². The summed E-state index contributed by atoms with van der Waals surface area (Å²) in [4.78, 5) is 41.8. The van der Waals surface area contributed by atoms with Gasteiger partial charge < -0.3 is 15.1 Å². The molecule has 1 fully saturated rings. The van der Waals surface area contributed by atoms with Crippen molar-refractivity contribution in [3.05, 3.63) is 59.7 Å². The molecule has 10 nitrogen and oxygen atoms in total. The first-order valence-electron chi connectivity index (χ1n) is 12.1. The lowest BCUT2D eigenvalue weighted by molar-refractivity contribution is -0.139. The van der Waals surface area contributed by atoms with Crippen LogP contribution in [0, 0.1) is 11.3 Å². The number of sulfone groups is 1. The third-order valence-electron chi connectivity index (χ3n) is 6.77. The number of amides is 3. The summed E-state index contributed by atoms with van der Waals surface area (Å²) in [6.07, 6.45) is 0. The largest absolute Gasteiger partial charge is 0.365 e. The average molecular weight is 529 g/mol. The Labute approximate surface area is 216 Å². The summed E-state index contributed by atoms with van der Waals surface area (Å²) in [6, 6.07) is 13.2. The van der Waals surface area contributed by atoms with Crippen LogP contribution in [0.2, 0.25) is 0 Å². The molecule has 2 aliphatic rings. The van der Waals surface area contributed by atoms with Gasteiger partial charge in [-0.1, -0.05) is 45.0 Å². The molecule has 37 heavy (non-hydrogen) atoms. The normalized spacial score (nSPS) is 20.8. The lowest BCUT2D eigenvalue weighted by atomic mass is 9.95. The van der Waals surface area contributed by atoms with E-state index in [2.05, 4.69) is 5.32 Å². The third-order valence-corrected chi connectivity index (χ3v) is 8.51. The SMILES string of the molecule is CC(C)(C)C(=O)N1C[C@H](C(=O)NO)[C@H](NC(=O)c2ccc(CN3CCS(=O)(=O)c4ccccc43)cc2)C1. The number of anilines is 1. The number of hydrogen-bond donors (Lipinski definition) is 3. The minimum absolute atomic E-state index is 0.0449. The van der Waals surface area contributed by atoms with Crippen LogP contribution in [-0.2, 0) is 26.0 Å². The van der Waals surface area contributed by atoms with Crippen LogP contribution in [0.3, 0.4) is 0 Å². The molecule has 2 aliphatic heterocycles. The van der Waals surface area contributed by atoms with Gasteiger partial charge in [-0.25, -0.2) is 13.9 Å². The quantitative estimate of drug-likeness (QED) is 0.396. The van der Waals surface area contributed by atoms with Crippen molar-refractivity contribution in [2.24, 2.45) is 11.3 Å². The number of nitrogens with zero attached hydrogens (tertiary/aromatic N) is 2. The van der Waals surface area contributed by atoms with Gasteiger partial charge in [0.1, 0.15) is 0 Å². The monoisotopic (exact) mass is 528 g/mol. The van der Waals surface area contributed by atoms with E-state index >= 15 is 0 Å². The van der Waals surface area contributed by atoms with E-state index in [4.69, 9.17) is 5.21 Å². The van der Waals surface area contributed by atoms with Crippen LogP contribution in [0.1, 0.15) is 36.7 Å². The van der Waals surface area contributed by atoms with Crippen molar-refractivity contribution < 1.29 is 28.0 Å². The number of likely N-dealkylation sites (tertiary alicyclic amines) is 1. The van der Waals surface area contributed by atoms with Crippen molar-refractivity contribution in [3.63, 3.8) is 0 Å². The van der Waals surface area contributed by atoms with E-state index in [-0.39, 0.29) is 24.7 Å². The third kappa shape index (κ3) is 5.62. The van der Waals surface area contributed by atoms with Gasteiger partial charge >= 0.3 is 0 Å². The molecule has 0 unspecified atom stereocenters. The van der Waals surface area contributed by atoms with Gasteiger partial charge in [0.25, 0.3) is 5.91 Å². The van der Waals surface area contributed by atoms with Gasteiger partial charge in [-0.15, -0.1) is 0 Å². The van der Waals surface area contributed by atoms with E-state index < -0.39 is 39.0 Å². The van der Waals surface area contributed by atoms with E-state index in [9.17, 15) is 22.8 Å². The van der Waals surface area contributed by atoms with Gasteiger partial charge in [-0.3, -0.25) is 19.6 Å². The number of carbonyl (C=O) groups excluding carboxylic acids is 3. The summed E-state index contributed by atoms with van der Waals surface area (Å²) in [5.74, 6) is -1.93. The number of para-hydroxylation sites is 1. The number of hydrogen-bond acceptors (Lipinski definition) is 7. The summed E-state index contributed by atoms with van der Waals surface area (Å²) in [5.41, 5.74) is 2.95. The van der Waals surface area contributed by atoms with E-state index in [1.807, 2.05) is 23.1 Å². The zero-order chi connectivity index (χ0) is 27.0. The van der Waals surface area contributed by atoms with Crippen molar-refractivity contribution in [2.75, 3.05) is 30.3 Å². The Kier molecular flexibility index (Phi) is 7.29. The highest BCUT2D eigenvalue weighted by atomic mass is 32.2. The zero-order valence-corrected chi connectivity index (χ0v) is 21.9.